The summed E-state index contributed by atoms with van der Waals surface area (Å²) < 4.78 is 5.24. The molecule has 0 radical (unpaired) electrons. The summed E-state index contributed by atoms with van der Waals surface area (Å²) in [5.74, 6) is 1.06. The highest BCUT2D eigenvalue weighted by molar-refractivity contribution is 5.68. The van der Waals surface area contributed by atoms with Crippen molar-refractivity contribution in [2.45, 2.75) is 12.8 Å². The van der Waals surface area contributed by atoms with Crippen molar-refractivity contribution in [1.29, 1.82) is 0 Å². The van der Waals surface area contributed by atoms with Crippen LogP contribution in [0, 0.1) is 5.92 Å². The zero-order valence-corrected chi connectivity index (χ0v) is 9.74. The molecule has 0 aliphatic heterocycles. The Hall–Kier alpha value is -2.23. The molecule has 0 bridgehead atoms. The van der Waals surface area contributed by atoms with Crippen LogP contribution in [0.3, 0.4) is 0 Å². The van der Waals surface area contributed by atoms with Gasteiger partial charge >= 0.3 is 5.63 Å². The van der Waals surface area contributed by atoms with Gasteiger partial charge in [-0.2, -0.15) is 0 Å². The summed E-state index contributed by atoms with van der Waals surface area (Å²) in [5.41, 5.74) is 0.732. The van der Waals surface area contributed by atoms with E-state index < -0.39 is 5.63 Å². The van der Waals surface area contributed by atoms with E-state index in [1.165, 1.54) is 12.8 Å². The van der Waals surface area contributed by atoms with Crippen LogP contribution in [0.1, 0.15) is 12.8 Å². The number of aromatic nitrogens is 1. The van der Waals surface area contributed by atoms with Gasteiger partial charge in [0.15, 0.2) is 0 Å². The van der Waals surface area contributed by atoms with E-state index >= 15 is 0 Å². The molecular formula is C14H12N2O2. The van der Waals surface area contributed by atoms with Gasteiger partial charge in [-0.25, -0.2) is 4.79 Å². The van der Waals surface area contributed by atoms with Gasteiger partial charge in [-0.1, -0.05) is 0 Å². The Labute approximate surface area is 104 Å². The standard InChI is InChI=1S/C14H12N2O2/c17-14-12(16-8-10-3-4-10)5-6-13(18-14)11-2-1-7-15-9-11/h1-2,5-10H,3-4H2. The molecule has 0 saturated heterocycles. The Morgan fingerprint density at radius 1 is 1.33 bits per heavy atom. The second-order valence-electron chi connectivity index (χ2n) is 4.33. The van der Waals surface area contributed by atoms with Gasteiger partial charge in [0.1, 0.15) is 11.4 Å². The number of nitrogens with zero attached hydrogens (tertiary/aromatic N) is 2. The highest BCUT2D eigenvalue weighted by Crippen LogP contribution is 2.27. The van der Waals surface area contributed by atoms with E-state index in [1.54, 1.807) is 30.6 Å². The van der Waals surface area contributed by atoms with Gasteiger partial charge in [-0.15, -0.1) is 0 Å². The molecular weight excluding hydrogens is 228 g/mol. The van der Waals surface area contributed by atoms with Crippen LogP contribution in [-0.2, 0) is 0 Å². The first-order valence-electron chi connectivity index (χ1n) is 5.92. The predicted octanol–water partition coefficient (Wildman–Crippen LogP) is 2.81. The van der Waals surface area contributed by atoms with Gasteiger partial charge in [0.2, 0.25) is 0 Å². The molecule has 3 rings (SSSR count). The van der Waals surface area contributed by atoms with E-state index in [0.29, 0.717) is 17.4 Å². The van der Waals surface area contributed by atoms with Crippen LogP contribution in [0.2, 0.25) is 0 Å². The maximum Gasteiger partial charge on any atom is 0.362 e. The van der Waals surface area contributed by atoms with Crippen molar-refractivity contribution in [3.05, 3.63) is 47.1 Å². The number of pyridine rings is 1. The quantitative estimate of drug-likeness (QED) is 0.775. The Bertz CT molecular complexity index is 628. The van der Waals surface area contributed by atoms with Crippen molar-refractivity contribution >= 4 is 11.9 Å². The second kappa shape index (κ2) is 4.56. The molecule has 2 heterocycles. The largest absolute Gasteiger partial charge is 0.421 e. The van der Waals surface area contributed by atoms with E-state index in [4.69, 9.17) is 4.42 Å². The summed E-state index contributed by atoms with van der Waals surface area (Å²) in [6.45, 7) is 0. The molecule has 18 heavy (non-hydrogen) atoms. The summed E-state index contributed by atoms with van der Waals surface area (Å²) >= 11 is 0. The maximum atomic E-state index is 11.7. The SMILES string of the molecule is O=c1oc(-c2cccnc2)ccc1N=CC1CC1. The second-order valence-corrected chi connectivity index (χ2v) is 4.33. The van der Waals surface area contributed by atoms with E-state index in [1.807, 2.05) is 12.3 Å². The zero-order chi connectivity index (χ0) is 12.4. The molecule has 0 N–H and O–H groups in total. The molecule has 4 nitrogen and oxygen atoms in total. The average Bonchev–Trinajstić information content (AvgIpc) is 3.22. The molecule has 0 atom stereocenters. The third kappa shape index (κ3) is 2.37. The topological polar surface area (TPSA) is 55.5 Å². The van der Waals surface area contributed by atoms with Crippen molar-refractivity contribution in [3.63, 3.8) is 0 Å². The van der Waals surface area contributed by atoms with Crippen LogP contribution in [0.4, 0.5) is 5.69 Å². The van der Waals surface area contributed by atoms with Gasteiger partial charge in [0, 0.05) is 24.2 Å². The highest BCUT2D eigenvalue weighted by atomic mass is 16.4. The van der Waals surface area contributed by atoms with E-state index in [-0.39, 0.29) is 0 Å². The molecule has 4 heteroatoms. The fourth-order valence-corrected chi connectivity index (χ4v) is 1.60. The molecule has 0 amide bonds. The van der Waals surface area contributed by atoms with Crippen LogP contribution in [0.15, 0.2) is 50.9 Å². The molecule has 0 spiro atoms. The van der Waals surface area contributed by atoms with Crippen LogP contribution >= 0.6 is 0 Å². The lowest BCUT2D eigenvalue weighted by Gasteiger charge is -1.99. The highest BCUT2D eigenvalue weighted by Gasteiger charge is 2.18. The predicted molar refractivity (Wildman–Crippen MR) is 69.1 cm³/mol. The third-order valence-electron chi connectivity index (χ3n) is 2.80. The minimum atomic E-state index is -0.409. The van der Waals surface area contributed by atoms with Gasteiger partial charge in [-0.05, 0) is 43.0 Å². The molecule has 90 valence electrons. The Morgan fingerprint density at radius 2 is 2.22 bits per heavy atom. The lowest BCUT2D eigenvalue weighted by Crippen LogP contribution is -1.98. The van der Waals surface area contributed by atoms with Gasteiger partial charge in [0.05, 0.1) is 0 Å². The fourth-order valence-electron chi connectivity index (χ4n) is 1.60. The van der Waals surface area contributed by atoms with Crippen molar-refractivity contribution in [3.8, 4) is 11.3 Å². The van der Waals surface area contributed by atoms with E-state index in [9.17, 15) is 4.79 Å². The lowest BCUT2D eigenvalue weighted by atomic mass is 10.2. The Balaban J connectivity index is 1.91. The first-order chi connectivity index (χ1) is 8.83. The van der Waals surface area contributed by atoms with Gasteiger partial charge < -0.3 is 4.42 Å². The lowest BCUT2D eigenvalue weighted by molar-refractivity contribution is 0.527. The molecule has 2 aromatic heterocycles. The maximum absolute atomic E-state index is 11.7. The minimum Gasteiger partial charge on any atom is -0.421 e. The number of aliphatic imine (C=N–C) groups is 1. The molecule has 1 aliphatic carbocycles. The number of hydrogen-bond acceptors (Lipinski definition) is 4. The monoisotopic (exact) mass is 240 g/mol. The first-order valence-corrected chi connectivity index (χ1v) is 5.92. The smallest absolute Gasteiger partial charge is 0.362 e. The Kier molecular flexibility index (Phi) is 2.76. The van der Waals surface area contributed by atoms with Crippen molar-refractivity contribution < 1.29 is 4.42 Å². The van der Waals surface area contributed by atoms with Crippen LogP contribution < -0.4 is 5.63 Å². The van der Waals surface area contributed by atoms with E-state index in [0.717, 1.165) is 5.56 Å². The van der Waals surface area contributed by atoms with Crippen LogP contribution in [0.25, 0.3) is 11.3 Å². The van der Waals surface area contributed by atoms with Crippen molar-refractivity contribution in [1.82, 2.24) is 4.98 Å². The van der Waals surface area contributed by atoms with Crippen LogP contribution in [-0.4, -0.2) is 11.2 Å². The summed E-state index contributed by atoms with van der Waals surface area (Å²) in [4.78, 5) is 19.9. The molecule has 1 fully saturated rings. The Morgan fingerprint density at radius 3 is 2.89 bits per heavy atom. The first kappa shape index (κ1) is 10.9. The summed E-state index contributed by atoms with van der Waals surface area (Å²) in [6.07, 6.45) is 7.50. The zero-order valence-electron chi connectivity index (χ0n) is 9.74. The van der Waals surface area contributed by atoms with Crippen molar-refractivity contribution in [2.75, 3.05) is 0 Å². The van der Waals surface area contributed by atoms with E-state index in [2.05, 4.69) is 9.98 Å². The molecule has 1 aliphatic rings. The summed E-state index contributed by atoms with van der Waals surface area (Å²) in [5, 5.41) is 0. The fraction of sp³-hybridized carbons (Fsp3) is 0.214. The molecule has 1 saturated carbocycles. The molecule has 0 aromatic carbocycles. The van der Waals surface area contributed by atoms with Gasteiger partial charge in [0.25, 0.3) is 0 Å². The minimum absolute atomic E-state index is 0.356. The van der Waals surface area contributed by atoms with Crippen molar-refractivity contribution in [2.24, 2.45) is 10.9 Å². The number of rotatable bonds is 3. The average molecular weight is 240 g/mol. The summed E-state index contributed by atoms with van der Waals surface area (Å²) in [7, 11) is 0. The number of hydrogen-bond donors (Lipinski definition) is 0. The summed E-state index contributed by atoms with van der Waals surface area (Å²) in [6, 6.07) is 7.08. The molecule has 0 unspecified atom stereocenters. The van der Waals surface area contributed by atoms with Gasteiger partial charge in [-0.3, -0.25) is 9.98 Å². The normalized spacial score (nSPS) is 15.1. The van der Waals surface area contributed by atoms with Crippen LogP contribution in [0.5, 0.6) is 0 Å². The molecule has 2 aromatic rings. The third-order valence-corrected chi connectivity index (χ3v) is 2.80.